The van der Waals surface area contributed by atoms with E-state index in [1.54, 1.807) is 0 Å². The van der Waals surface area contributed by atoms with Crippen molar-refractivity contribution in [1.29, 1.82) is 0 Å². The van der Waals surface area contributed by atoms with Gasteiger partial charge in [0.2, 0.25) is 0 Å². The molecule has 0 aliphatic carbocycles. The minimum atomic E-state index is -0.0122. The van der Waals surface area contributed by atoms with Crippen LogP contribution in [0, 0.1) is 0 Å². The third-order valence-electron chi connectivity index (χ3n) is 4.15. The molecule has 0 saturated carbocycles. The third kappa shape index (κ3) is 3.09. The fourth-order valence-corrected chi connectivity index (χ4v) is 4.12. The summed E-state index contributed by atoms with van der Waals surface area (Å²) in [6.45, 7) is 2.33. The minimum absolute atomic E-state index is 0.0122. The number of alkyl halides is 1. The van der Waals surface area contributed by atoms with Crippen molar-refractivity contribution in [2.75, 3.05) is 0 Å². The second kappa shape index (κ2) is 6.66. The fraction of sp³-hybridized carbons (Fsp3) is 0.143. The lowest BCUT2D eigenvalue weighted by molar-refractivity contribution is 0.629. The highest BCUT2D eigenvalue weighted by atomic mass is 127. The van der Waals surface area contributed by atoms with Gasteiger partial charge in [0.15, 0.2) is 0 Å². The van der Waals surface area contributed by atoms with E-state index in [4.69, 9.17) is 0 Å². The molecule has 0 radical (unpaired) electrons. The van der Waals surface area contributed by atoms with Gasteiger partial charge in [-0.25, -0.2) is 0 Å². The van der Waals surface area contributed by atoms with Crippen molar-refractivity contribution in [3.63, 3.8) is 0 Å². The molecule has 0 heterocycles. The number of halogens is 1. The van der Waals surface area contributed by atoms with Gasteiger partial charge in [-0.05, 0) is 23.6 Å². The fourth-order valence-electron chi connectivity index (χ4n) is 3.04. The zero-order valence-corrected chi connectivity index (χ0v) is 14.8. The van der Waals surface area contributed by atoms with Crippen LogP contribution < -0.4 is 0 Å². The minimum Gasteiger partial charge on any atom is -0.0729 e. The van der Waals surface area contributed by atoms with Gasteiger partial charge in [0.1, 0.15) is 0 Å². The van der Waals surface area contributed by atoms with Crippen LogP contribution in [0.25, 0.3) is 0 Å². The number of benzene rings is 3. The van der Waals surface area contributed by atoms with Crippen LogP contribution >= 0.6 is 22.6 Å². The zero-order chi connectivity index (χ0) is 15.4. The molecule has 0 nitrogen and oxygen atoms in total. The molecule has 1 heteroatoms. The molecule has 0 bridgehead atoms. The number of rotatable bonds is 4. The summed E-state index contributed by atoms with van der Waals surface area (Å²) in [6.07, 6.45) is 0. The molecule has 0 N–H and O–H groups in total. The second-order valence-electron chi connectivity index (χ2n) is 5.70. The molecule has 0 spiro atoms. The Morgan fingerprint density at radius 3 is 1.41 bits per heavy atom. The van der Waals surface area contributed by atoms with Crippen molar-refractivity contribution in [3.8, 4) is 0 Å². The van der Waals surface area contributed by atoms with E-state index in [1.165, 1.54) is 16.7 Å². The number of hydrogen-bond donors (Lipinski definition) is 0. The first-order valence-electron chi connectivity index (χ1n) is 7.54. The Balaban J connectivity index is 2.14. The molecule has 3 aromatic rings. The van der Waals surface area contributed by atoms with Gasteiger partial charge in [0.05, 0.1) is 3.42 Å². The summed E-state index contributed by atoms with van der Waals surface area (Å²) in [5, 5.41) is 0. The van der Waals surface area contributed by atoms with Crippen molar-refractivity contribution in [1.82, 2.24) is 0 Å². The molecular formula is C21H19I. The van der Waals surface area contributed by atoms with Crippen molar-refractivity contribution < 1.29 is 0 Å². The van der Waals surface area contributed by atoms with Crippen LogP contribution in [0.5, 0.6) is 0 Å². The van der Waals surface area contributed by atoms with E-state index in [-0.39, 0.29) is 3.42 Å². The maximum Gasteiger partial charge on any atom is 0.0550 e. The van der Waals surface area contributed by atoms with Crippen LogP contribution in [-0.4, -0.2) is 0 Å². The maximum absolute atomic E-state index is 2.61. The van der Waals surface area contributed by atoms with Crippen molar-refractivity contribution in [3.05, 3.63) is 108 Å². The molecular weight excluding hydrogens is 379 g/mol. The first-order valence-corrected chi connectivity index (χ1v) is 8.62. The highest BCUT2D eigenvalue weighted by Gasteiger charge is 2.35. The van der Waals surface area contributed by atoms with Crippen molar-refractivity contribution >= 4 is 22.6 Å². The lowest BCUT2D eigenvalue weighted by Crippen LogP contribution is -2.24. The summed E-state index contributed by atoms with van der Waals surface area (Å²) in [6, 6.07) is 32.4. The first kappa shape index (κ1) is 15.3. The van der Waals surface area contributed by atoms with E-state index >= 15 is 0 Å². The molecule has 1 unspecified atom stereocenters. The van der Waals surface area contributed by atoms with Gasteiger partial charge in [-0.3, -0.25) is 0 Å². The molecule has 3 aromatic carbocycles. The molecule has 110 valence electrons. The molecule has 0 aromatic heterocycles. The van der Waals surface area contributed by atoms with Gasteiger partial charge in [-0.15, -0.1) is 0 Å². The average molecular weight is 398 g/mol. The second-order valence-corrected chi connectivity index (χ2v) is 7.94. The van der Waals surface area contributed by atoms with Crippen molar-refractivity contribution in [2.24, 2.45) is 0 Å². The van der Waals surface area contributed by atoms with Crippen LogP contribution in [0.4, 0.5) is 0 Å². The first-order chi connectivity index (χ1) is 10.7. The molecule has 3 rings (SSSR count). The highest BCUT2D eigenvalue weighted by molar-refractivity contribution is 14.1. The summed E-state index contributed by atoms with van der Waals surface area (Å²) < 4.78 is -0.0122. The van der Waals surface area contributed by atoms with Crippen LogP contribution in [0.3, 0.4) is 0 Å². The molecule has 0 saturated heterocycles. The molecule has 22 heavy (non-hydrogen) atoms. The Hall–Kier alpha value is -1.61. The van der Waals surface area contributed by atoms with Gasteiger partial charge >= 0.3 is 0 Å². The molecule has 0 aliphatic heterocycles. The SMILES string of the molecule is CC(I)(c1ccccc1)C(c1ccccc1)c1ccccc1. The Bertz CT molecular complexity index is 663. The standard InChI is InChI=1S/C21H19I/c1-21(22,19-15-9-4-10-16-19)20(17-11-5-2-6-12-17)18-13-7-3-8-14-18/h2-16,20H,1H3. The Kier molecular flexibility index (Phi) is 4.63. The zero-order valence-electron chi connectivity index (χ0n) is 12.6. The lowest BCUT2D eigenvalue weighted by Gasteiger charge is -2.34. The summed E-state index contributed by atoms with van der Waals surface area (Å²) in [5.74, 6) is 0.317. The average Bonchev–Trinajstić information content (AvgIpc) is 2.58. The topological polar surface area (TPSA) is 0 Å². The van der Waals surface area contributed by atoms with E-state index in [1.807, 2.05) is 0 Å². The van der Waals surface area contributed by atoms with E-state index in [2.05, 4.69) is 121 Å². The Morgan fingerprint density at radius 1 is 0.636 bits per heavy atom. The quantitative estimate of drug-likeness (QED) is 0.364. The van der Waals surface area contributed by atoms with E-state index in [9.17, 15) is 0 Å². The maximum atomic E-state index is 2.61. The molecule has 0 amide bonds. The Labute approximate surface area is 146 Å². The largest absolute Gasteiger partial charge is 0.0729 e. The summed E-state index contributed by atoms with van der Waals surface area (Å²) in [5.41, 5.74) is 4.07. The van der Waals surface area contributed by atoms with Crippen LogP contribution in [0.1, 0.15) is 29.5 Å². The molecule has 1 atom stereocenters. The van der Waals surface area contributed by atoms with E-state index in [0.717, 1.165) is 0 Å². The predicted octanol–water partition coefficient (Wildman–Crippen LogP) is 6.17. The molecule has 0 fully saturated rings. The summed E-state index contributed by atoms with van der Waals surface area (Å²) in [4.78, 5) is 0. The lowest BCUT2D eigenvalue weighted by atomic mass is 9.78. The third-order valence-corrected chi connectivity index (χ3v) is 5.39. The predicted molar refractivity (Wildman–Crippen MR) is 103 cm³/mol. The van der Waals surface area contributed by atoms with Gasteiger partial charge in [-0.1, -0.05) is 114 Å². The van der Waals surface area contributed by atoms with Gasteiger partial charge < -0.3 is 0 Å². The van der Waals surface area contributed by atoms with Crippen LogP contribution in [-0.2, 0) is 3.42 Å². The normalized spacial score (nSPS) is 13.8. The van der Waals surface area contributed by atoms with Crippen molar-refractivity contribution in [2.45, 2.75) is 16.3 Å². The molecule has 0 aliphatic rings. The van der Waals surface area contributed by atoms with E-state index in [0.29, 0.717) is 5.92 Å². The number of hydrogen-bond acceptors (Lipinski definition) is 0. The highest BCUT2D eigenvalue weighted by Crippen LogP contribution is 2.48. The van der Waals surface area contributed by atoms with E-state index < -0.39 is 0 Å². The Morgan fingerprint density at radius 2 is 1.00 bits per heavy atom. The smallest absolute Gasteiger partial charge is 0.0550 e. The summed E-state index contributed by atoms with van der Waals surface area (Å²) in [7, 11) is 0. The van der Waals surface area contributed by atoms with Gasteiger partial charge in [-0.2, -0.15) is 0 Å². The monoisotopic (exact) mass is 398 g/mol. The van der Waals surface area contributed by atoms with Crippen LogP contribution in [0.15, 0.2) is 91.0 Å². The van der Waals surface area contributed by atoms with Gasteiger partial charge in [0, 0.05) is 5.92 Å². The summed E-state index contributed by atoms with van der Waals surface area (Å²) >= 11 is 2.61. The van der Waals surface area contributed by atoms with Crippen LogP contribution in [0.2, 0.25) is 0 Å². The van der Waals surface area contributed by atoms with Gasteiger partial charge in [0.25, 0.3) is 0 Å².